The predicted octanol–water partition coefficient (Wildman–Crippen LogP) is 1.43. The molecule has 1 aromatic carbocycles. The molecule has 2 amide bonds. The van der Waals surface area contributed by atoms with Crippen LogP contribution in [-0.2, 0) is 0 Å². The lowest BCUT2D eigenvalue weighted by atomic mass is 10.1. The van der Waals surface area contributed by atoms with E-state index in [1.807, 2.05) is 40.7 Å². The van der Waals surface area contributed by atoms with Crippen LogP contribution in [0, 0.1) is 6.92 Å². The molecule has 1 saturated heterocycles. The summed E-state index contributed by atoms with van der Waals surface area (Å²) in [6.45, 7) is 3.21. The highest BCUT2D eigenvalue weighted by Gasteiger charge is 2.23. The van der Waals surface area contributed by atoms with Gasteiger partial charge in [0, 0.05) is 24.8 Å². The Morgan fingerprint density at radius 3 is 2.65 bits per heavy atom. The van der Waals surface area contributed by atoms with Gasteiger partial charge in [0.15, 0.2) is 5.82 Å². The number of hydrogen-bond acceptors (Lipinski definition) is 6. The molecule has 1 aliphatic heterocycles. The summed E-state index contributed by atoms with van der Waals surface area (Å²) in [6.07, 6.45) is 5.23. The van der Waals surface area contributed by atoms with Crippen LogP contribution >= 0.6 is 0 Å². The Morgan fingerprint density at radius 2 is 1.96 bits per heavy atom. The normalized spacial score (nSPS) is 15.2. The van der Waals surface area contributed by atoms with Crippen LogP contribution in [0.5, 0.6) is 0 Å². The zero-order chi connectivity index (χ0) is 17.9. The first kappa shape index (κ1) is 16.2. The van der Waals surface area contributed by atoms with Gasteiger partial charge in [-0.2, -0.15) is 4.68 Å². The van der Waals surface area contributed by atoms with Crippen molar-refractivity contribution < 1.29 is 4.79 Å². The number of likely N-dealkylation sites (tertiary alicyclic amines) is 1. The molecule has 1 aliphatic rings. The Hall–Kier alpha value is -3.30. The average molecular weight is 353 g/mol. The van der Waals surface area contributed by atoms with Crippen LogP contribution in [0.3, 0.4) is 0 Å². The standard InChI is InChI=1S/C16H19N9O/c1-12-20-21-22-25(12)15-4-2-3-13(9-15)19-16(26)23-7-5-14(6-8-23)24-10-17-18-11-24/h2-4,9-11,14H,5-8H2,1H3,(H,19,26). The molecule has 0 bridgehead atoms. The third-order valence-corrected chi connectivity index (χ3v) is 4.58. The number of amides is 2. The monoisotopic (exact) mass is 353 g/mol. The first-order valence-electron chi connectivity index (χ1n) is 8.46. The largest absolute Gasteiger partial charge is 0.324 e. The van der Waals surface area contributed by atoms with Crippen molar-refractivity contribution in [3.8, 4) is 5.69 Å². The third kappa shape index (κ3) is 3.25. The van der Waals surface area contributed by atoms with Crippen molar-refractivity contribution in [3.05, 3.63) is 42.7 Å². The number of hydrogen-bond donors (Lipinski definition) is 1. The Kier molecular flexibility index (Phi) is 4.30. The van der Waals surface area contributed by atoms with Crippen molar-refractivity contribution in [1.29, 1.82) is 0 Å². The number of nitrogens with zero attached hydrogens (tertiary/aromatic N) is 8. The van der Waals surface area contributed by atoms with Crippen molar-refractivity contribution in [2.24, 2.45) is 0 Å². The van der Waals surface area contributed by atoms with E-state index in [1.165, 1.54) is 0 Å². The number of urea groups is 1. The number of tetrazole rings is 1. The predicted molar refractivity (Wildman–Crippen MR) is 92.8 cm³/mol. The first-order chi connectivity index (χ1) is 12.7. The second-order valence-electron chi connectivity index (χ2n) is 6.25. The van der Waals surface area contributed by atoms with Crippen LogP contribution < -0.4 is 5.32 Å². The molecule has 134 valence electrons. The highest BCUT2D eigenvalue weighted by molar-refractivity contribution is 5.89. The van der Waals surface area contributed by atoms with Crippen LogP contribution in [0.2, 0.25) is 0 Å². The fraction of sp³-hybridized carbons (Fsp3) is 0.375. The topological polar surface area (TPSA) is 107 Å². The molecule has 10 heteroatoms. The summed E-state index contributed by atoms with van der Waals surface area (Å²) < 4.78 is 3.63. The van der Waals surface area contributed by atoms with Crippen molar-refractivity contribution in [2.75, 3.05) is 18.4 Å². The van der Waals surface area contributed by atoms with Crippen LogP contribution in [0.15, 0.2) is 36.9 Å². The summed E-state index contributed by atoms with van der Waals surface area (Å²) in [5.74, 6) is 0.685. The lowest BCUT2D eigenvalue weighted by Gasteiger charge is -2.32. The highest BCUT2D eigenvalue weighted by atomic mass is 16.2. The number of nitrogens with one attached hydrogen (secondary N) is 1. The van der Waals surface area contributed by atoms with Crippen LogP contribution in [0.4, 0.5) is 10.5 Å². The number of rotatable bonds is 3. The molecule has 26 heavy (non-hydrogen) atoms. The summed E-state index contributed by atoms with van der Waals surface area (Å²) in [5, 5.41) is 22.1. The maximum atomic E-state index is 12.6. The minimum absolute atomic E-state index is 0.0993. The first-order valence-corrected chi connectivity index (χ1v) is 8.46. The zero-order valence-corrected chi connectivity index (χ0v) is 14.4. The summed E-state index contributed by atoms with van der Waals surface area (Å²) in [7, 11) is 0. The molecule has 3 heterocycles. The zero-order valence-electron chi connectivity index (χ0n) is 14.4. The minimum Gasteiger partial charge on any atom is -0.324 e. The number of carbonyl (C=O) groups is 1. The summed E-state index contributed by atoms with van der Waals surface area (Å²) in [4.78, 5) is 14.4. The lowest BCUT2D eigenvalue weighted by molar-refractivity contribution is 0.183. The van der Waals surface area contributed by atoms with Crippen molar-refractivity contribution in [2.45, 2.75) is 25.8 Å². The van der Waals surface area contributed by atoms with Crippen molar-refractivity contribution in [3.63, 3.8) is 0 Å². The van der Waals surface area contributed by atoms with Gasteiger partial charge in [0.25, 0.3) is 0 Å². The molecule has 0 spiro atoms. The second-order valence-corrected chi connectivity index (χ2v) is 6.25. The molecular weight excluding hydrogens is 334 g/mol. The third-order valence-electron chi connectivity index (χ3n) is 4.58. The smallest absolute Gasteiger partial charge is 0.321 e. The van der Waals surface area contributed by atoms with Gasteiger partial charge in [-0.25, -0.2) is 4.79 Å². The van der Waals surface area contributed by atoms with Crippen molar-refractivity contribution >= 4 is 11.7 Å². The minimum atomic E-state index is -0.0993. The molecule has 3 aromatic rings. The molecule has 0 aliphatic carbocycles. The van der Waals surface area contributed by atoms with Gasteiger partial charge in [0.1, 0.15) is 12.7 Å². The fourth-order valence-electron chi connectivity index (χ4n) is 3.15. The Balaban J connectivity index is 1.39. The molecule has 0 radical (unpaired) electrons. The van der Waals surface area contributed by atoms with Gasteiger partial charge in [-0.1, -0.05) is 6.07 Å². The lowest BCUT2D eigenvalue weighted by Crippen LogP contribution is -2.41. The van der Waals surface area contributed by atoms with Gasteiger partial charge in [-0.05, 0) is 48.4 Å². The Morgan fingerprint density at radius 1 is 1.19 bits per heavy atom. The quantitative estimate of drug-likeness (QED) is 0.763. The van der Waals surface area contributed by atoms with Gasteiger partial charge >= 0.3 is 6.03 Å². The van der Waals surface area contributed by atoms with E-state index in [9.17, 15) is 4.79 Å². The molecule has 10 nitrogen and oxygen atoms in total. The van der Waals surface area contributed by atoms with Gasteiger partial charge in [-0.3, -0.25) is 0 Å². The molecule has 1 fully saturated rings. The fourth-order valence-corrected chi connectivity index (χ4v) is 3.15. The summed E-state index contributed by atoms with van der Waals surface area (Å²) in [6, 6.07) is 7.71. The number of carbonyl (C=O) groups excluding carboxylic acids is 1. The van der Waals surface area contributed by atoms with Gasteiger partial charge in [0.05, 0.1) is 5.69 Å². The van der Waals surface area contributed by atoms with E-state index in [4.69, 9.17) is 0 Å². The van der Waals surface area contributed by atoms with Gasteiger partial charge < -0.3 is 14.8 Å². The molecule has 0 atom stereocenters. The molecule has 1 N–H and O–H groups in total. The molecule has 0 saturated carbocycles. The van der Waals surface area contributed by atoms with E-state index in [1.54, 1.807) is 17.3 Å². The molecule has 0 unspecified atom stereocenters. The Labute approximate surface area is 149 Å². The molecular formula is C16H19N9O. The number of anilines is 1. The number of aromatic nitrogens is 7. The van der Waals surface area contributed by atoms with E-state index < -0.39 is 0 Å². The van der Waals surface area contributed by atoms with Gasteiger partial charge in [-0.15, -0.1) is 15.3 Å². The van der Waals surface area contributed by atoms with E-state index in [-0.39, 0.29) is 6.03 Å². The van der Waals surface area contributed by atoms with Gasteiger partial charge in [0.2, 0.25) is 0 Å². The summed E-state index contributed by atoms with van der Waals surface area (Å²) >= 11 is 0. The Bertz CT molecular complexity index is 881. The highest BCUT2D eigenvalue weighted by Crippen LogP contribution is 2.22. The van der Waals surface area contributed by atoms with Crippen molar-refractivity contribution in [1.82, 2.24) is 39.9 Å². The second kappa shape index (κ2) is 6.90. The molecule has 2 aromatic heterocycles. The van der Waals surface area contributed by atoms with Crippen LogP contribution in [0.25, 0.3) is 5.69 Å². The van der Waals surface area contributed by atoms with E-state index in [2.05, 4.69) is 31.0 Å². The van der Waals surface area contributed by atoms with E-state index in [0.717, 1.165) is 18.5 Å². The maximum absolute atomic E-state index is 12.6. The van der Waals surface area contributed by atoms with Crippen LogP contribution in [-0.4, -0.2) is 59.0 Å². The van der Waals surface area contributed by atoms with Crippen LogP contribution in [0.1, 0.15) is 24.7 Å². The maximum Gasteiger partial charge on any atom is 0.321 e. The SMILES string of the molecule is Cc1nnnn1-c1cccc(NC(=O)N2CCC(n3cnnc3)CC2)c1. The summed E-state index contributed by atoms with van der Waals surface area (Å²) in [5.41, 5.74) is 1.51. The average Bonchev–Trinajstić information content (AvgIpc) is 3.34. The van der Waals surface area contributed by atoms with E-state index >= 15 is 0 Å². The number of aryl methyl sites for hydroxylation is 1. The molecule has 4 rings (SSSR count). The number of benzene rings is 1. The van der Waals surface area contributed by atoms with E-state index in [0.29, 0.717) is 30.6 Å². The number of piperidine rings is 1.